The lowest BCUT2D eigenvalue weighted by molar-refractivity contribution is 1.36. The number of benzene rings is 8. The first-order valence-electron chi connectivity index (χ1n) is 18.4. The maximum atomic E-state index is 5.50. The van der Waals surface area contributed by atoms with Gasteiger partial charge in [0, 0.05) is 43.6 Å². The molecule has 0 fully saturated rings. The summed E-state index contributed by atoms with van der Waals surface area (Å²) in [5.41, 5.74) is 11.3. The van der Waals surface area contributed by atoms with Gasteiger partial charge >= 0.3 is 0 Å². The molecule has 0 bridgehead atoms. The highest BCUT2D eigenvalue weighted by Crippen LogP contribution is 2.41. The zero-order valence-electron chi connectivity index (χ0n) is 29.2. The van der Waals surface area contributed by atoms with Gasteiger partial charge < -0.3 is 0 Å². The van der Waals surface area contributed by atoms with Gasteiger partial charge in [-0.05, 0) is 50.9 Å². The molecule has 54 heavy (non-hydrogen) atoms. The van der Waals surface area contributed by atoms with Gasteiger partial charge in [-0.3, -0.25) is 0 Å². The summed E-state index contributed by atoms with van der Waals surface area (Å²) in [6.07, 6.45) is 0. The van der Waals surface area contributed by atoms with E-state index in [9.17, 15) is 0 Å². The molecule has 0 spiro atoms. The molecule has 0 N–H and O–H groups in total. The molecule has 3 heteroatoms. The average molecular weight is 686 g/mol. The predicted molar refractivity (Wildman–Crippen MR) is 227 cm³/mol. The van der Waals surface area contributed by atoms with Crippen molar-refractivity contribution in [2.24, 2.45) is 0 Å². The molecular formula is C51H31N3. The van der Waals surface area contributed by atoms with E-state index in [-0.39, 0.29) is 0 Å². The predicted octanol–water partition coefficient (Wildman–Crippen LogP) is 13.5. The first-order valence-corrected chi connectivity index (χ1v) is 18.4. The topological polar surface area (TPSA) is 38.7 Å². The maximum Gasteiger partial charge on any atom is 0.0972 e. The monoisotopic (exact) mass is 685 g/mol. The van der Waals surface area contributed by atoms with Gasteiger partial charge in [-0.25, -0.2) is 15.0 Å². The molecule has 8 aromatic carbocycles. The summed E-state index contributed by atoms with van der Waals surface area (Å²) in [6.45, 7) is 0. The van der Waals surface area contributed by atoms with E-state index in [1.165, 1.54) is 32.3 Å². The SMILES string of the molecule is c1ccc(-c2ccc3ccc4ccc(-c5ccc(-c6cccc(-c7nc8c9ccccc9c9ccccc9c8c8ccccc78)c6)cc5)nc4c3n2)cc1. The van der Waals surface area contributed by atoms with Crippen molar-refractivity contribution in [3.63, 3.8) is 0 Å². The van der Waals surface area contributed by atoms with Crippen molar-refractivity contribution in [2.75, 3.05) is 0 Å². The summed E-state index contributed by atoms with van der Waals surface area (Å²) in [6, 6.07) is 66.7. The van der Waals surface area contributed by atoms with Crippen molar-refractivity contribution in [3.8, 4) is 44.9 Å². The molecule has 0 unspecified atom stereocenters. The van der Waals surface area contributed by atoms with Crippen LogP contribution in [0.1, 0.15) is 0 Å². The van der Waals surface area contributed by atoms with E-state index in [1.54, 1.807) is 0 Å². The molecule has 0 aliphatic rings. The van der Waals surface area contributed by atoms with Gasteiger partial charge in [-0.15, -0.1) is 0 Å². The summed E-state index contributed by atoms with van der Waals surface area (Å²) >= 11 is 0. The highest BCUT2D eigenvalue weighted by molar-refractivity contribution is 6.31. The minimum atomic E-state index is 0.912. The summed E-state index contributed by atoms with van der Waals surface area (Å²) in [5, 5.41) is 10.6. The van der Waals surface area contributed by atoms with Crippen molar-refractivity contribution < 1.29 is 0 Å². The molecule has 250 valence electrons. The molecule has 0 amide bonds. The van der Waals surface area contributed by atoms with Gasteiger partial charge in [0.15, 0.2) is 0 Å². The fraction of sp³-hybridized carbons (Fsp3) is 0. The molecule has 11 rings (SSSR count). The van der Waals surface area contributed by atoms with Gasteiger partial charge in [-0.1, -0.05) is 170 Å². The van der Waals surface area contributed by atoms with Crippen LogP contribution in [0.15, 0.2) is 188 Å². The van der Waals surface area contributed by atoms with Gasteiger partial charge in [0.25, 0.3) is 0 Å². The summed E-state index contributed by atoms with van der Waals surface area (Å²) in [7, 11) is 0. The van der Waals surface area contributed by atoms with Gasteiger partial charge in [0.1, 0.15) is 0 Å². The summed E-state index contributed by atoms with van der Waals surface area (Å²) < 4.78 is 0. The molecule has 0 saturated heterocycles. The first kappa shape index (κ1) is 30.4. The number of fused-ring (bicyclic) bond motifs is 11. The van der Waals surface area contributed by atoms with Gasteiger partial charge in [-0.2, -0.15) is 0 Å². The Kier molecular flexibility index (Phi) is 6.86. The molecule has 3 aromatic heterocycles. The number of nitrogens with zero attached hydrogens (tertiary/aromatic N) is 3. The van der Waals surface area contributed by atoms with E-state index in [0.717, 1.165) is 77.6 Å². The normalized spacial score (nSPS) is 11.7. The van der Waals surface area contributed by atoms with Crippen LogP contribution in [0.4, 0.5) is 0 Å². The highest BCUT2D eigenvalue weighted by Gasteiger charge is 2.17. The zero-order valence-corrected chi connectivity index (χ0v) is 29.2. The summed E-state index contributed by atoms with van der Waals surface area (Å²) in [4.78, 5) is 15.8. The van der Waals surface area contributed by atoms with Crippen LogP contribution < -0.4 is 0 Å². The number of hydrogen-bond acceptors (Lipinski definition) is 3. The minimum absolute atomic E-state index is 0.912. The lowest BCUT2D eigenvalue weighted by Crippen LogP contribution is -1.93. The molecular weight excluding hydrogens is 655 g/mol. The van der Waals surface area contributed by atoms with Crippen molar-refractivity contribution >= 4 is 65.0 Å². The maximum absolute atomic E-state index is 5.50. The van der Waals surface area contributed by atoms with Crippen LogP contribution in [-0.2, 0) is 0 Å². The van der Waals surface area contributed by atoms with E-state index < -0.39 is 0 Å². The zero-order chi connectivity index (χ0) is 35.6. The average Bonchev–Trinajstić information content (AvgIpc) is 3.26. The van der Waals surface area contributed by atoms with E-state index in [2.05, 4.69) is 170 Å². The fourth-order valence-corrected chi connectivity index (χ4v) is 8.19. The minimum Gasteiger partial charge on any atom is -0.246 e. The lowest BCUT2D eigenvalue weighted by Gasteiger charge is -2.15. The first-order chi connectivity index (χ1) is 26.8. The Balaban J connectivity index is 1.00. The van der Waals surface area contributed by atoms with Crippen LogP contribution in [0.5, 0.6) is 0 Å². The molecule has 3 heterocycles. The van der Waals surface area contributed by atoms with Crippen molar-refractivity contribution in [3.05, 3.63) is 188 Å². The van der Waals surface area contributed by atoms with Crippen LogP contribution in [0.25, 0.3) is 110 Å². The fourth-order valence-electron chi connectivity index (χ4n) is 8.19. The molecule has 0 radical (unpaired) electrons. The molecule has 0 aliphatic heterocycles. The molecule has 0 aliphatic carbocycles. The smallest absolute Gasteiger partial charge is 0.0972 e. The molecule has 0 atom stereocenters. The van der Waals surface area contributed by atoms with E-state index in [1.807, 2.05) is 18.2 Å². The lowest BCUT2D eigenvalue weighted by atomic mass is 9.92. The second kappa shape index (κ2) is 12.2. The van der Waals surface area contributed by atoms with Crippen molar-refractivity contribution in [1.82, 2.24) is 15.0 Å². The van der Waals surface area contributed by atoms with Crippen LogP contribution in [0, 0.1) is 0 Å². The van der Waals surface area contributed by atoms with E-state index in [0.29, 0.717) is 0 Å². The largest absolute Gasteiger partial charge is 0.246 e. The Morgan fingerprint density at radius 3 is 1.39 bits per heavy atom. The highest BCUT2D eigenvalue weighted by atomic mass is 14.8. The van der Waals surface area contributed by atoms with Gasteiger partial charge in [0.2, 0.25) is 0 Å². The molecule has 0 saturated carbocycles. The van der Waals surface area contributed by atoms with Crippen LogP contribution in [0.2, 0.25) is 0 Å². The Labute approximate surface area is 311 Å². The van der Waals surface area contributed by atoms with Crippen LogP contribution in [0.3, 0.4) is 0 Å². The van der Waals surface area contributed by atoms with E-state index in [4.69, 9.17) is 15.0 Å². The second-order valence-electron chi connectivity index (χ2n) is 13.9. The van der Waals surface area contributed by atoms with Gasteiger partial charge in [0.05, 0.1) is 33.6 Å². The third-order valence-corrected chi connectivity index (χ3v) is 10.8. The Bertz CT molecular complexity index is 3260. The third kappa shape index (κ3) is 4.87. The Morgan fingerprint density at radius 1 is 0.259 bits per heavy atom. The standard InChI is InChI=1S/C51H31N3/c1-2-11-33(12-3-1)45-29-27-35-25-26-36-28-30-46(53-50(36)49(35)52-45)34-23-21-32(22-24-34)37-13-10-14-38(31-37)48-44-20-9-7-18-42(44)47-41-17-6-4-15-39(41)40-16-5-8-19-43(40)51(47)54-48/h1-31H. The number of rotatable bonds is 4. The third-order valence-electron chi connectivity index (χ3n) is 10.8. The van der Waals surface area contributed by atoms with Crippen LogP contribution >= 0.6 is 0 Å². The number of hydrogen-bond donors (Lipinski definition) is 0. The van der Waals surface area contributed by atoms with Crippen molar-refractivity contribution in [1.29, 1.82) is 0 Å². The molecule has 3 nitrogen and oxygen atoms in total. The molecule has 11 aromatic rings. The number of aromatic nitrogens is 3. The van der Waals surface area contributed by atoms with Crippen molar-refractivity contribution in [2.45, 2.75) is 0 Å². The second-order valence-corrected chi connectivity index (χ2v) is 13.9. The van der Waals surface area contributed by atoms with E-state index >= 15 is 0 Å². The van der Waals surface area contributed by atoms with Crippen LogP contribution in [-0.4, -0.2) is 15.0 Å². The Hall–Kier alpha value is -7.23. The quantitative estimate of drug-likeness (QED) is 0.173. The Morgan fingerprint density at radius 2 is 0.722 bits per heavy atom. The summed E-state index contributed by atoms with van der Waals surface area (Å²) in [5.74, 6) is 0. The number of pyridine rings is 3.